The highest BCUT2D eigenvalue weighted by Gasteiger charge is 2.31. The molecule has 0 aromatic heterocycles. The normalized spacial score (nSPS) is 37.3. The molecule has 2 saturated heterocycles. The van der Waals surface area contributed by atoms with Gasteiger partial charge < -0.3 is 15.3 Å². The van der Waals surface area contributed by atoms with Gasteiger partial charge in [-0.15, -0.1) is 0 Å². The average Bonchev–Trinajstić information content (AvgIpc) is 2.20. The van der Waals surface area contributed by atoms with Crippen LogP contribution in [0.1, 0.15) is 19.3 Å². The summed E-state index contributed by atoms with van der Waals surface area (Å²) in [5.74, 6) is 1.33. The van der Waals surface area contributed by atoms with Gasteiger partial charge in [0.2, 0.25) is 0 Å². The van der Waals surface area contributed by atoms with Crippen LogP contribution in [-0.4, -0.2) is 49.3 Å². The van der Waals surface area contributed by atoms with Crippen molar-refractivity contribution in [1.29, 1.82) is 0 Å². The second kappa shape index (κ2) is 4.60. The largest absolute Gasteiger partial charge is 0.392 e. The number of likely N-dealkylation sites (tertiary alicyclic amines) is 1. The van der Waals surface area contributed by atoms with E-state index in [0.29, 0.717) is 5.92 Å². The smallest absolute Gasteiger partial charge is 0.0695 e. The molecule has 0 amide bonds. The van der Waals surface area contributed by atoms with Crippen LogP contribution >= 0.6 is 0 Å². The van der Waals surface area contributed by atoms with E-state index in [9.17, 15) is 5.11 Å². The monoisotopic (exact) mass is 198 g/mol. The molecule has 2 fully saturated rings. The van der Waals surface area contributed by atoms with E-state index in [1.807, 2.05) is 0 Å². The van der Waals surface area contributed by atoms with Crippen molar-refractivity contribution in [2.45, 2.75) is 25.4 Å². The maximum atomic E-state index is 9.91. The van der Waals surface area contributed by atoms with Crippen molar-refractivity contribution in [2.24, 2.45) is 11.8 Å². The van der Waals surface area contributed by atoms with Gasteiger partial charge in [-0.2, -0.15) is 0 Å². The average molecular weight is 198 g/mol. The van der Waals surface area contributed by atoms with Crippen LogP contribution in [0, 0.1) is 11.8 Å². The second-order valence-electron chi connectivity index (χ2n) is 4.86. The second-order valence-corrected chi connectivity index (χ2v) is 4.86. The van der Waals surface area contributed by atoms with E-state index in [4.69, 9.17) is 0 Å². The fourth-order valence-electron chi connectivity index (χ4n) is 2.87. The molecule has 2 N–H and O–H groups in total. The van der Waals surface area contributed by atoms with E-state index in [1.54, 1.807) is 0 Å². The fraction of sp³-hybridized carbons (Fsp3) is 1.00. The minimum Gasteiger partial charge on any atom is -0.392 e. The van der Waals surface area contributed by atoms with Crippen LogP contribution in [0.15, 0.2) is 0 Å². The minimum atomic E-state index is -0.0999. The van der Waals surface area contributed by atoms with Crippen LogP contribution in [0.5, 0.6) is 0 Å². The molecule has 2 unspecified atom stereocenters. The Labute approximate surface area is 86.5 Å². The van der Waals surface area contributed by atoms with Gasteiger partial charge in [-0.05, 0) is 57.8 Å². The van der Waals surface area contributed by atoms with Crippen LogP contribution in [0.3, 0.4) is 0 Å². The number of hydrogen-bond donors (Lipinski definition) is 2. The van der Waals surface area contributed by atoms with Crippen molar-refractivity contribution in [1.82, 2.24) is 10.2 Å². The van der Waals surface area contributed by atoms with Gasteiger partial charge in [0, 0.05) is 6.54 Å². The Bertz CT molecular complexity index is 178. The summed E-state index contributed by atoms with van der Waals surface area (Å²) in [5, 5.41) is 13.2. The van der Waals surface area contributed by atoms with Gasteiger partial charge in [-0.25, -0.2) is 0 Å². The first-order valence-electron chi connectivity index (χ1n) is 5.84. The molecule has 3 heteroatoms. The summed E-state index contributed by atoms with van der Waals surface area (Å²) in [6.07, 6.45) is 3.61. The van der Waals surface area contributed by atoms with Crippen molar-refractivity contribution < 1.29 is 5.11 Å². The lowest BCUT2D eigenvalue weighted by molar-refractivity contribution is 0.0271. The van der Waals surface area contributed by atoms with Crippen LogP contribution in [-0.2, 0) is 0 Å². The molecule has 3 nitrogen and oxygen atoms in total. The number of hydrogen-bond acceptors (Lipinski definition) is 3. The Balaban J connectivity index is 1.87. The van der Waals surface area contributed by atoms with E-state index in [1.165, 1.54) is 25.9 Å². The van der Waals surface area contributed by atoms with Crippen LogP contribution < -0.4 is 5.32 Å². The van der Waals surface area contributed by atoms with Crippen molar-refractivity contribution in [3.63, 3.8) is 0 Å². The number of piperidine rings is 2. The SMILES string of the molecule is CN1CCC(C2CCNCC2O)CC1. The molecule has 2 aliphatic heterocycles. The highest BCUT2D eigenvalue weighted by atomic mass is 16.3. The minimum absolute atomic E-state index is 0.0999. The van der Waals surface area contributed by atoms with Crippen LogP contribution in [0.2, 0.25) is 0 Å². The number of β-amino-alcohol motifs (C(OH)–C–C–N with tert-alkyl or cyclic N) is 1. The van der Waals surface area contributed by atoms with Crippen LogP contribution in [0.4, 0.5) is 0 Å². The zero-order chi connectivity index (χ0) is 9.97. The van der Waals surface area contributed by atoms with Gasteiger partial charge in [-0.1, -0.05) is 0 Å². The van der Waals surface area contributed by atoms with Crippen molar-refractivity contribution in [3.05, 3.63) is 0 Å². The van der Waals surface area contributed by atoms with Crippen molar-refractivity contribution in [3.8, 4) is 0 Å². The number of nitrogens with one attached hydrogen (secondary N) is 1. The zero-order valence-electron chi connectivity index (χ0n) is 9.08. The van der Waals surface area contributed by atoms with Crippen molar-refractivity contribution in [2.75, 3.05) is 33.2 Å². The maximum Gasteiger partial charge on any atom is 0.0695 e. The molecule has 82 valence electrons. The van der Waals surface area contributed by atoms with E-state index in [-0.39, 0.29) is 6.10 Å². The topological polar surface area (TPSA) is 35.5 Å². The number of aliphatic hydroxyl groups is 1. The fourth-order valence-corrected chi connectivity index (χ4v) is 2.87. The van der Waals surface area contributed by atoms with Gasteiger partial charge >= 0.3 is 0 Å². The third-order valence-corrected chi connectivity index (χ3v) is 3.87. The quantitative estimate of drug-likeness (QED) is 0.636. The molecule has 2 heterocycles. The van der Waals surface area contributed by atoms with E-state index in [0.717, 1.165) is 25.4 Å². The lowest BCUT2D eigenvalue weighted by atomic mass is 9.78. The first-order valence-corrected chi connectivity index (χ1v) is 5.84. The first-order chi connectivity index (χ1) is 6.77. The third-order valence-electron chi connectivity index (χ3n) is 3.87. The molecule has 0 aliphatic carbocycles. The summed E-state index contributed by atoms with van der Waals surface area (Å²) < 4.78 is 0. The maximum absolute atomic E-state index is 9.91. The number of aliphatic hydroxyl groups excluding tert-OH is 1. The van der Waals surface area contributed by atoms with E-state index < -0.39 is 0 Å². The Kier molecular flexibility index (Phi) is 3.42. The molecular formula is C11H22N2O. The predicted octanol–water partition coefficient (Wildman–Crippen LogP) is 0.299. The molecule has 0 saturated carbocycles. The molecule has 0 radical (unpaired) electrons. The van der Waals surface area contributed by atoms with Crippen LogP contribution in [0.25, 0.3) is 0 Å². The Hall–Kier alpha value is -0.120. The highest BCUT2D eigenvalue weighted by Crippen LogP contribution is 2.30. The molecule has 0 aromatic carbocycles. The molecule has 0 spiro atoms. The van der Waals surface area contributed by atoms with E-state index in [2.05, 4.69) is 17.3 Å². The summed E-state index contributed by atoms with van der Waals surface area (Å²) in [6.45, 7) is 4.31. The van der Waals surface area contributed by atoms with Gasteiger partial charge in [-0.3, -0.25) is 0 Å². The summed E-state index contributed by atoms with van der Waals surface area (Å²) in [7, 11) is 2.19. The molecule has 0 bridgehead atoms. The van der Waals surface area contributed by atoms with Gasteiger partial charge in [0.05, 0.1) is 6.10 Å². The summed E-state index contributed by atoms with van der Waals surface area (Å²) >= 11 is 0. The Morgan fingerprint density at radius 2 is 1.93 bits per heavy atom. The molecular weight excluding hydrogens is 176 g/mol. The molecule has 0 aromatic rings. The lowest BCUT2D eigenvalue weighted by Gasteiger charge is -2.39. The summed E-state index contributed by atoms with van der Waals surface area (Å²) in [6, 6.07) is 0. The molecule has 14 heavy (non-hydrogen) atoms. The first kappa shape index (κ1) is 10.4. The van der Waals surface area contributed by atoms with Gasteiger partial charge in [0.25, 0.3) is 0 Å². The standard InChI is InChI=1S/C11H22N2O/c1-13-6-3-9(4-7-13)10-2-5-12-8-11(10)14/h9-12,14H,2-8H2,1H3. The van der Waals surface area contributed by atoms with Gasteiger partial charge in [0.1, 0.15) is 0 Å². The molecule has 2 aliphatic rings. The van der Waals surface area contributed by atoms with E-state index >= 15 is 0 Å². The highest BCUT2D eigenvalue weighted by molar-refractivity contribution is 4.85. The zero-order valence-corrected chi connectivity index (χ0v) is 9.08. The predicted molar refractivity (Wildman–Crippen MR) is 57.2 cm³/mol. The number of nitrogens with zero attached hydrogens (tertiary/aromatic N) is 1. The molecule has 2 rings (SSSR count). The summed E-state index contributed by atoms with van der Waals surface area (Å²) in [5.41, 5.74) is 0. The third kappa shape index (κ3) is 2.27. The Morgan fingerprint density at radius 3 is 2.57 bits per heavy atom. The van der Waals surface area contributed by atoms with Crippen molar-refractivity contribution >= 4 is 0 Å². The summed E-state index contributed by atoms with van der Waals surface area (Å²) in [4.78, 5) is 2.39. The lowest BCUT2D eigenvalue weighted by Crippen LogP contribution is -2.46. The Morgan fingerprint density at radius 1 is 1.21 bits per heavy atom. The van der Waals surface area contributed by atoms with Gasteiger partial charge in [0.15, 0.2) is 0 Å². The molecule has 2 atom stereocenters. The number of rotatable bonds is 1.